The lowest BCUT2D eigenvalue weighted by atomic mass is 10.1. The van der Waals surface area contributed by atoms with Crippen LogP contribution < -0.4 is 0 Å². The second-order valence-electron chi connectivity index (χ2n) is 3.90. The van der Waals surface area contributed by atoms with Crippen LogP contribution in [0.1, 0.15) is 0 Å². The second kappa shape index (κ2) is 3.70. The molecule has 3 aromatic rings. The van der Waals surface area contributed by atoms with Crippen molar-refractivity contribution in [2.75, 3.05) is 0 Å². The van der Waals surface area contributed by atoms with Crippen molar-refractivity contribution in [3.8, 4) is 11.3 Å². The van der Waals surface area contributed by atoms with E-state index in [9.17, 15) is 8.78 Å². The van der Waals surface area contributed by atoms with Crippen LogP contribution in [0, 0.1) is 11.6 Å². The first-order valence-corrected chi connectivity index (χ1v) is 5.27. The SMILES string of the molecule is Fc1cccc(-c2cc3cccc(F)c3[nH]2)c1. The Labute approximate surface area is 96.7 Å². The number of hydrogen-bond donors (Lipinski definition) is 1. The van der Waals surface area contributed by atoms with Crippen molar-refractivity contribution in [1.82, 2.24) is 4.98 Å². The fourth-order valence-corrected chi connectivity index (χ4v) is 1.93. The van der Waals surface area contributed by atoms with Crippen LogP contribution >= 0.6 is 0 Å². The van der Waals surface area contributed by atoms with Crippen molar-refractivity contribution in [1.29, 1.82) is 0 Å². The molecule has 1 N–H and O–H groups in total. The van der Waals surface area contributed by atoms with Gasteiger partial charge in [0.05, 0.1) is 5.52 Å². The lowest BCUT2D eigenvalue weighted by molar-refractivity contribution is 0.628. The van der Waals surface area contributed by atoms with Crippen LogP contribution in [0.3, 0.4) is 0 Å². The van der Waals surface area contributed by atoms with Crippen molar-refractivity contribution in [2.24, 2.45) is 0 Å². The third-order valence-corrected chi connectivity index (χ3v) is 2.74. The lowest BCUT2D eigenvalue weighted by Crippen LogP contribution is -1.80. The Morgan fingerprint density at radius 1 is 0.882 bits per heavy atom. The third kappa shape index (κ3) is 1.69. The molecule has 0 radical (unpaired) electrons. The largest absolute Gasteiger partial charge is 0.352 e. The van der Waals surface area contributed by atoms with Gasteiger partial charge in [-0.25, -0.2) is 8.78 Å². The molecule has 1 aromatic heterocycles. The zero-order valence-electron chi connectivity index (χ0n) is 8.87. The first-order valence-electron chi connectivity index (χ1n) is 5.27. The van der Waals surface area contributed by atoms with Crippen LogP contribution in [-0.4, -0.2) is 4.98 Å². The predicted octanol–water partition coefficient (Wildman–Crippen LogP) is 4.11. The van der Waals surface area contributed by atoms with E-state index in [-0.39, 0.29) is 11.6 Å². The first-order chi connectivity index (χ1) is 8.24. The van der Waals surface area contributed by atoms with E-state index >= 15 is 0 Å². The zero-order valence-corrected chi connectivity index (χ0v) is 8.87. The third-order valence-electron chi connectivity index (χ3n) is 2.74. The van der Waals surface area contributed by atoms with Gasteiger partial charge >= 0.3 is 0 Å². The molecule has 0 unspecified atom stereocenters. The summed E-state index contributed by atoms with van der Waals surface area (Å²) in [4.78, 5) is 2.97. The smallest absolute Gasteiger partial charge is 0.147 e. The molecule has 0 fully saturated rings. The summed E-state index contributed by atoms with van der Waals surface area (Å²) in [6, 6.07) is 12.9. The Balaban J connectivity index is 2.22. The van der Waals surface area contributed by atoms with Gasteiger partial charge in [-0.1, -0.05) is 24.3 Å². The molecule has 0 aliphatic rings. The van der Waals surface area contributed by atoms with Gasteiger partial charge in [-0.2, -0.15) is 0 Å². The highest BCUT2D eigenvalue weighted by molar-refractivity contribution is 5.86. The quantitative estimate of drug-likeness (QED) is 0.646. The molecule has 0 aliphatic carbocycles. The normalized spacial score (nSPS) is 10.9. The van der Waals surface area contributed by atoms with Crippen LogP contribution in [0.2, 0.25) is 0 Å². The average molecular weight is 229 g/mol. The molecule has 1 heterocycles. The summed E-state index contributed by atoms with van der Waals surface area (Å²) in [5, 5.41) is 0.782. The van der Waals surface area contributed by atoms with Crippen molar-refractivity contribution in [2.45, 2.75) is 0 Å². The van der Waals surface area contributed by atoms with Gasteiger partial charge in [0.2, 0.25) is 0 Å². The Hall–Kier alpha value is -2.16. The van der Waals surface area contributed by atoms with Gasteiger partial charge in [0.25, 0.3) is 0 Å². The molecule has 0 amide bonds. The van der Waals surface area contributed by atoms with E-state index in [1.165, 1.54) is 18.2 Å². The molecule has 2 aromatic carbocycles. The average Bonchev–Trinajstić information content (AvgIpc) is 2.74. The Morgan fingerprint density at radius 3 is 2.47 bits per heavy atom. The monoisotopic (exact) mass is 229 g/mol. The second-order valence-corrected chi connectivity index (χ2v) is 3.90. The van der Waals surface area contributed by atoms with Crippen molar-refractivity contribution >= 4 is 10.9 Å². The summed E-state index contributed by atoms with van der Waals surface area (Å²) in [6.07, 6.45) is 0. The highest BCUT2D eigenvalue weighted by Gasteiger charge is 2.06. The molecule has 84 valence electrons. The van der Waals surface area contributed by atoms with E-state index in [4.69, 9.17) is 0 Å². The van der Waals surface area contributed by atoms with Crippen LogP contribution in [0.5, 0.6) is 0 Å². The summed E-state index contributed by atoms with van der Waals surface area (Å²) in [6.45, 7) is 0. The first kappa shape index (κ1) is 10.0. The van der Waals surface area contributed by atoms with Crippen LogP contribution in [-0.2, 0) is 0 Å². The van der Waals surface area contributed by atoms with E-state index in [1.807, 2.05) is 12.1 Å². The topological polar surface area (TPSA) is 15.8 Å². The number of fused-ring (bicyclic) bond motifs is 1. The number of halogens is 2. The lowest BCUT2D eigenvalue weighted by Gasteiger charge is -1.97. The molecular formula is C14H9F2N. The number of rotatable bonds is 1. The van der Waals surface area contributed by atoms with Gasteiger partial charge in [0.1, 0.15) is 11.6 Å². The van der Waals surface area contributed by atoms with Gasteiger partial charge in [0.15, 0.2) is 0 Å². The van der Waals surface area contributed by atoms with E-state index in [0.29, 0.717) is 16.8 Å². The summed E-state index contributed by atoms with van der Waals surface area (Å²) >= 11 is 0. The molecule has 3 rings (SSSR count). The van der Waals surface area contributed by atoms with Gasteiger partial charge in [-0.15, -0.1) is 0 Å². The number of aromatic amines is 1. The zero-order chi connectivity index (χ0) is 11.8. The van der Waals surface area contributed by atoms with Gasteiger partial charge in [-0.05, 0) is 24.3 Å². The molecule has 0 atom stereocenters. The molecule has 0 spiro atoms. The number of H-pyrrole nitrogens is 1. The molecule has 1 nitrogen and oxygen atoms in total. The Bertz CT molecular complexity index is 686. The van der Waals surface area contributed by atoms with Crippen molar-refractivity contribution in [3.05, 3.63) is 60.2 Å². The van der Waals surface area contributed by atoms with E-state index in [1.54, 1.807) is 18.2 Å². The maximum Gasteiger partial charge on any atom is 0.147 e. The van der Waals surface area contributed by atoms with Crippen molar-refractivity contribution in [3.63, 3.8) is 0 Å². The number of para-hydroxylation sites is 1. The number of hydrogen-bond acceptors (Lipinski definition) is 0. The van der Waals surface area contributed by atoms with E-state index in [2.05, 4.69) is 4.98 Å². The van der Waals surface area contributed by atoms with E-state index in [0.717, 1.165) is 5.39 Å². The van der Waals surface area contributed by atoms with Crippen molar-refractivity contribution < 1.29 is 8.78 Å². The predicted molar refractivity (Wildman–Crippen MR) is 63.7 cm³/mol. The molecular weight excluding hydrogens is 220 g/mol. The molecule has 3 heteroatoms. The fraction of sp³-hybridized carbons (Fsp3) is 0. The summed E-state index contributed by atoms with van der Waals surface area (Å²) in [5.41, 5.74) is 1.87. The molecule has 0 saturated carbocycles. The standard InChI is InChI=1S/C14H9F2N/c15-11-5-1-3-9(7-11)13-8-10-4-2-6-12(16)14(10)17-13/h1-8,17H. The molecule has 0 bridgehead atoms. The minimum Gasteiger partial charge on any atom is -0.352 e. The highest BCUT2D eigenvalue weighted by atomic mass is 19.1. The minimum atomic E-state index is -0.304. The number of nitrogens with one attached hydrogen (secondary N) is 1. The van der Waals surface area contributed by atoms with Gasteiger partial charge in [-0.3, -0.25) is 0 Å². The van der Waals surface area contributed by atoms with Gasteiger partial charge in [0, 0.05) is 16.6 Å². The summed E-state index contributed by atoms with van der Waals surface area (Å²) in [7, 11) is 0. The minimum absolute atomic E-state index is 0.301. The van der Waals surface area contributed by atoms with Gasteiger partial charge < -0.3 is 4.98 Å². The van der Waals surface area contributed by atoms with Crippen LogP contribution in [0.15, 0.2) is 48.5 Å². The van der Waals surface area contributed by atoms with E-state index < -0.39 is 0 Å². The molecule has 17 heavy (non-hydrogen) atoms. The summed E-state index contributed by atoms with van der Waals surface area (Å²) in [5.74, 6) is -0.605. The maximum absolute atomic E-state index is 13.5. The Morgan fingerprint density at radius 2 is 1.71 bits per heavy atom. The highest BCUT2D eigenvalue weighted by Crippen LogP contribution is 2.25. The number of benzene rings is 2. The Kier molecular flexibility index (Phi) is 2.18. The number of aromatic nitrogens is 1. The molecule has 0 aliphatic heterocycles. The molecule has 0 saturated heterocycles. The maximum atomic E-state index is 13.5. The fourth-order valence-electron chi connectivity index (χ4n) is 1.93. The summed E-state index contributed by atoms with van der Waals surface area (Å²) < 4.78 is 26.6. The van der Waals surface area contributed by atoms with Crippen LogP contribution in [0.4, 0.5) is 8.78 Å². The van der Waals surface area contributed by atoms with Crippen LogP contribution in [0.25, 0.3) is 22.2 Å².